The minimum atomic E-state index is -1.50. The van der Waals surface area contributed by atoms with Gasteiger partial charge in [-0.3, -0.25) is 9.59 Å². The number of nitrogens with zero attached hydrogens (tertiary/aromatic N) is 1. The van der Waals surface area contributed by atoms with E-state index in [-0.39, 0.29) is 18.6 Å². The quantitative estimate of drug-likeness (QED) is 0.848. The molecule has 1 fully saturated rings. The standard InChI is InChI=1S/C16H16FN3O4/c1-23-13-6-10-8(4-11(13)14(18)21)2-3-19-16(10)24-7-9-5-12(17)15(22)20-9/h2-4,6,9,12H,5,7H2,1H3,(H2,18,21)(H,20,22)/t9-,12+/m0/s1. The van der Waals surface area contributed by atoms with Gasteiger partial charge in [0.2, 0.25) is 5.88 Å². The van der Waals surface area contributed by atoms with E-state index in [1.54, 1.807) is 18.2 Å². The molecule has 1 aromatic heterocycles. The number of carbonyl (C=O) groups is 2. The number of ether oxygens (including phenoxy) is 2. The van der Waals surface area contributed by atoms with Gasteiger partial charge in [0.1, 0.15) is 12.4 Å². The van der Waals surface area contributed by atoms with Gasteiger partial charge < -0.3 is 20.5 Å². The number of nitrogens with two attached hydrogens (primary N) is 1. The third kappa shape index (κ3) is 2.94. The maximum atomic E-state index is 13.2. The number of fused-ring (bicyclic) bond motifs is 1. The molecule has 2 heterocycles. The molecule has 0 bridgehead atoms. The molecule has 7 nitrogen and oxygen atoms in total. The first-order chi connectivity index (χ1) is 11.5. The van der Waals surface area contributed by atoms with Gasteiger partial charge in [0, 0.05) is 18.0 Å². The molecule has 1 aliphatic rings. The van der Waals surface area contributed by atoms with E-state index in [0.29, 0.717) is 22.4 Å². The smallest absolute Gasteiger partial charge is 0.254 e. The summed E-state index contributed by atoms with van der Waals surface area (Å²) in [6.07, 6.45) is 0.0936. The van der Waals surface area contributed by atoms with Gasteiger partial charge >= 0.3 is 0 Å². The van der Waals surface area contributed by atoms with Gasteiger partial charge in [-0.05, 0) is 23.6 Å². The second kappa shape index (κ2) is 6.31. The number of aromatic nitrogens is 1. The van der Waals surface area contributed by atoms with Crippen LogP contribution in [0.15, 0.2) is 24.4 Å². The van der Waals surface area contributed by atoms with Crippen molar-refractivity contribution < 1.29 is 23.5 Å². The Hall–Kier alpha value is -2.90. The molecular weight excluding hydrogens is 317 g/mol. The van der Waals surface area contributed by atoms with Crippen molar-refractivity contribution in [2.45, 2.75) is 18.6 Å². The summed E-state index contributed by atoms with van der Waals surface area (Å²) in [6.45, 7) is 0.0954. The first-order valence-corrected chi connectivity index (χ1v) is 7.33. The van der Waals surface area contributed by atoms with E-state index in [1.807, 2.05) is 0 Å². The number of primary amides is 1. The van der Waals surface area contributed by atoms with Crippen LogP contribution in [-0.2, 0) is 4.79 Å². The molecule has 126 valence electrons. The van der Waals surface area contributed by atoms with Gasteiger partial charge in [-0.15, -0.1) is 0 Å². The van der Waals surface area contributed by atoms with E-state index in [4.69, 9.17) is 15.2 Å². The van der Waals surface area contributed by atoms with Crippen molar-refractivity contribution in [1.29, 1.82) is 0 Å². The number of alkyl halides is 1. The van der Waals surface area contributed by atoms with Crippen LogP contribution in [0.5, 0.6) is 11.6 Å². The third-order valence-corrected chi connectivity index (χ3v) is 3.86. The maximum Gasteiger partial charge on any atom is 0.254 e. The lowest BCUT2D eigenvalue weighted by Crippen LogP contribution is -2.31. The highest BCUT2D eigenvalue weighted by Crippen LogP contribution is 2.30. The van der Waals surface area contributed by atoms with E-state index >= 15 is 0 Å². The van der Waals surface area contributed by atoms with Crippen LogP contribution < -0.4 is 20.5 Å². The van der Waals surface area contributed by atoms with Crippen molar-refractivity contribution in [2.24, 2.45) is 5.73 Å². The molecule has 0 radical (unpaired) electrons. The first kappa shape index (κ1) is 16.0. The maximum absolute atomic E-state index is 13.2. The van der Waals surface area contributed by atoms with E-state index in [2.05, 4.69) is 10.3 Å². The van der Waals surface area contributed by atoms with Crippen molar-refractivity contribution in [3.05, 3.63) is 30.0 Å². The Balaban J connectivity index is 1.88. The molecule has 1 aliphatic heterocycles. The monoisotopic (exact) mass is 333 g/mol. The van der Waals surface area contributed by atoms with E-state index in [1.165, 1.54) is 13.3 Å². The topological polar surface area (TPSA) is 104 Å². The zero-order valence-electron chi connectivity index (χ0n) is 12.9. The summed E-state index contributed by atoms with van der Waals surface area (Å²) in [7, 11) is 1.43. The second-order valence-electron chi connectivity index (χ2n) is 5.47. The van der Waals surface area contributed by atoms with Crippen LogP contribution in [0, 0.1) is 0 Å². The van der Waals surface area contributed by atoms with Crippen molar-refractivity contribution in [3.63, 3.8) is 0 Å². The molecule has 0 spiro atoms. The number of pyridine rings is 1. The van der Waals surface area contributed by atoms with Crippen molar-refractivity contribution in [2.75, 3.05) is 13.7 Å². The number of halogens is 1. The van der Waals surface area contributed by atoms with Crippen LogP contribution in [0.3, 0.4) is 0 Å². The van der Waals surface area contributed by atoms with Crippen LogP contribution in [0.4, 0.5) is 4.39 Å². The summed E-state index contributed by atoms with van der Waals surface area (Å²) in [5.41, 5.74) is 5.60. The molecule has 2 atom stereocenters. The highest BCUT2D eigenvalue weighted by atomic mass is 19.1. The largest absolute Gasteiger partial charge is 0.496 e. The van der Waals surface area contributed by atoms with E-state index < -0.39 is 24.0 Å². The minimum Gasteiger partial charge on any atom is -0.496 e. The van der Waals surface area contributed by atoms with Crippen molar-refractivity contribution in [1.82, 2.24) is 10.3 Å². The average Bonchev–Trinajstić information content (AvgIpc) is 2.89. The number of hydrogen-bond acceptors (Lipinski definition) is 5. The summed E-state index contributed by atoms with van der Waals surface area (Å²) in [5, 5.41) is 3.84. The van der Waals surface area contributed by atoms with E-state index in [9.17, 15) is 14.0 Å². The molecule has 3 rings (SSSR count). The lowest BCUT2D eigenvalue weighted by Gasteiger charge is -2.14. The zero-order valence-corrected chi connectivity index (χ0v) is 12.9. The van der Waals surface area contributed by atoms with E-state index in [0.717, 1.165) is 0 Å². The normalized spacial score (nSPS) is 20.0. The molecule has 1 saturated heterocycles. The number of methoxy groups -OCH3 is 1. The fraction of sp³-hybridized carbons (Fsp3) is 0.312. The van der Waals surface area contributed by atoms with Crippen LogP contribution >= 0.6 is 0 Å². The molecule has 0 aliphatic carbocycles. The molecule has 0 unspecified atom stereocenters. The second-order valence-corrected chi connectivity index (χ2v) is 5.47. The minimum absolute atomic E-state index is 0.0682. The van der Waals surface area contributed by atoms with Crippen molar-refractivity contribution in [3.8, 4) is 11.6 Å². The zero-order chi connectivity index (χ0) is 17.3. The summed E-state index contributed by atoms with van der Waals surface area (Å²) in [4.78, 5) is 26.8. The van der Waals surface area contributed by atoms with Gasteiger partial charge in [-0.25, -0.2) is 9.37 Å². The van der Waals surface area contributed by atoms with Gasteiger partial charge in [0.15, 0.2) is 6.17 Å². The summed E-state index contributed by atoms with van der Waals surface area (Å²) < 4.78 is 24.0. The summed E-state index contributed by atoms with van der Waals surface area (Å²) >= 11 is 0. The van der Waals surface area contributed by atoms with Crippen LogP contribution in [0.25, 0.3) is 10.8 Å². The number of nitrogens with one attached hydrogen (secondary N) is 1. The molecule has 2 aromatic rings. The molecular formula is C16H16FN3O4. The van der Waals surface area contributed by atoms with Gasteiger partial charge in [0.25, 0.3) is 11.8 Å². The van der Waals surface area contributed by atoms with Crippen LogP contribution in [-0.4, -0.2) is 42.7 Å². The predicted octanol–water partition coefficient (Wildman–Crippen LogP) is 0.948. The lowest BCUT2D eigenvalue weighted by atomic mass is 10.1. The fourth-order valence-electron chi connectivity index (χ4n) is 2.65. The SMILES string of the molecule is COc1cc2c(OC[C@@H]3C[C@@H](F)C(=O)N3)nccc2cc1C(N)=O. The highest BCUT2D eigenvalue weighted by molar-refractivity contribution is 6.01. The Kier molecular flexibility index (Phi) is 4.20. The Labute approximate surface area is 136 Å². The number of carbonyl (C=O) groups excluding carboxylic acids is 2. The molecule has 8 heteroatoms. The Bertz CT molecular complexity index is 811. The molecule has 0 saturated carbocycles. The summed E-state index contributed by atoms with van der Waals surface area (Å²) in [6, 6.07) is 4.52. The molecule has 3 N–H and O–H groups in total. The number of hydrogen-bond donors (Lipinski definition) is 2. The summed E-state index contributed by atoms with van der Waals surface area (Å²) in [5.74, 6) is -0.609. The van der Waals surface area contributed by atoms with Gasteiger partial charge in [-0.1, -0.05) is 0 Å². The Morgan fingerprint density at radius 1 is 1.50 bits per heavy atom. The third-order valence-electron chi connectivity index (χ3n) is 3.86. The van der Waals surface area contributed by atoms with Crippen LogP contribution in [0.2, 0.25) is 0 Å². The number of rotatable bonds is 5. The first-order valence-electron chi connectivity index (χ1n) is 7.33. The lowest BCUT2D eigenvalue weighted by molar-refractivity contribution is -0.123. The Morgan fingerprint density at radius 2 is 2.29 bits per heavy atom. The highest BCUT2D eigenvalue weighted by Gasteiger charge is 2.32. The van der Waals surface area contributed by atoms with Crippen molar-refractivity contribution >= 4 is 22.6 Å². The van der Waals surface area contributed by atoms with Gasteiger partial charge in [-0.2, -0.15) is 0 Å². The molecule has 24 heavy (non-hydrogen) atoms. The van der Waals surface area contributed by atoms with Crippen LogP contribution in [0.1, 0.15) is 16.8 Å². The number of amides is 2. The fourth-order valence-corrected chi connectivity index (χ4v) is 2.65. The van der Waals surface area contributed by atoms with Gasteiger partial charge in [0.05, 0.1) is 18.7 Å². The Morgan fingerprint density at radius 3 is 2.92 bits per heavy atom. The predicted molar refractivity (Wildman–Crippen MR) is 83.8 cm³/mol. The molecule has 1 aromatic carbocycles. The molecule has 2 amide bonds. The number of benzene rings is 1. The average molecular weight is 333 g/mol.